The van der Waals surface area contributed by atoms with Crippen molar-refractivity contribution >= 4 is 38.5 Å². The molecule has 0 aliphatic carbocycles. The van der Waals surface area contributed by atoms with Gasteiger partial charge >= 0.3 is 6.09 Å². The number of benzene rings is 2. The minimum absolute atomic E-state index is 0.0838. The summed E-state index contributed by atoms with van der Waals surface area (Å²) in [4.78, 5) is 31.7. The van der Waals surface area contributed by atoms with Crippen LogP contribution in [0.2, 0.25) is 0 Å². The normalized spacial score (nSPS) is 14.3. The lowest BCUT2D eigenvalue weighted by Gasteiger charge is -2.33. The predicted molar refractivity (Wildman–Crippen MR) is 141 cm³/mol. The Morgan fingerprint density at radius 2 is 1.68 bits per heavy atom. The summed E-state index contributed by atoms with van der Waals surface area (Å²) in [6.07, 6.45) is -0.443. The number of hydrogen-bond donors (Lipinski definition) is 1. The maximum atomic E-state index is 13.1. The van der Waals surface area contributed by atoms with Gasteiger partial charge < -0.3 is 14.4 Å². The van der Waals surface area contributed by atoms with Gasteiger partial charge in [0.05, 0.1) is 24.3 Å². The summed E-state index contributed by atoms with van der Waals surface area (Å²) in [5, 5.41) is 3.24. The summed E-state index contributed by atoms with van der Waals surface area (Å²) in [6.45, 7) is 4.77. The molecule has 1 aromatic heterocycles. The number of hydrogen-bond acceptors (Lipinski definition) is 8. The van der Waals surface area contributed by atoms with Crippen LogP contribution in [0, 0.1) is 6.92 Å². The number of nitrogens with one attached hydrogen (secondary N) is 1. The van der Waals surface area contributed by atoms with E-state index in [0.717, 1.165) is 21.9 Å². The first kappa shape index (κ1) is 26.6. The standard InChI is InChI=1S/C25H28N4O6S2/c1-4-35-25(31)28-13-15-29(16-14-28)37(32,33)21-11-7-19(8-12-21)23(30)27-24-26-22(17(2)36-24)18-5-9-20(34-3)10-6-18/h5-12H,4,13-16H2,1-3H3,(H,26,27,30). The fraction of sp³-hybridized carbons (Fsp3) is 0.320. The number of carbonyl (C=O) groups excluding carboxylic acids is 2. The molecule has 10 nitrogen and oxygen atoms in total. The first-order chi connectivity index (χ1) is 17.7. The van der Waals surface area contributed by atoms with E-state index in [1.165, 1.54) is 44.8 Å². The number of carbonyl (C=O) groups is 2. The molecule has 0 atom stereocenters. The Morgan fingerprint density at radius 1 is 1.03 bits per heavy atom. The van der Waals surface area contributed by atoms with Crippen LogP contribution in [0.4, 0.5) is 9.93 Å². The minimum atomic E-state index is -3.76. The molecule has 2 heterocycles. The van der Waals surface area contributed by atoms with E-state index in [9.17, 15) is 18.0 Å². The Labute approximate surface area is 219 Å². The molecular weight excluding hydrogens is 516 g/mol. The van der Waals surface area contributed by atoms with Gasteiger partial charge in [0, 0.05) is 42.2 Å². The van der Waals surface area contributed by atoms with Gasteiger partial charge in [0.15, 0.2) is 5.13 Å². The summed E-state index contributed by atoms with van der Waals surface area (Å²) in [7, 11) is -2.15. The number of ether oxygens (including phenoxy) is 2. The molecule has 3 aromatic rings. The van der Waals surface area contributed by atoms with Gasteiger partial charge in [0.25, 0.3) is 5.91 Å². The predicted octanol–water partition coefficient (Wildman–Crippen LogP) is 3.84. The van der Waals surface area contributed by atoms with E-state index >= 15 is 0 Å². The molecular formula is C25H28N4O6S2. The van der Waals surface area contributed by atoms with E-state index in [1.807, 2.05) is 31.2 Å². The van der Waals surface area contributed by atoms with E-state index in [0.29, 0.717) is 10.7 Å². The summed E-state index contributed by atoms with van der Waals surface area (Å²) < 4.78 is 37.6. The molecule has 1 fully saturated rings. The topological polar surface area (TPSA) is 118 Å². The third kappa shape index (κ3) is 5.92. The number of thiazole rings is 1. The Kier molecular flexibility index (Phi) is 8.10. The van der Waals surface area contributed by atoms with Gasteiger partial charge in [-0.25, -0.2) is 18.2 Å². The summed E-state index contributed by atoms with van der Waals surface area (Å²) >= 11 is 1.36. The van der Waals surface area contributed by atoms with Crippen molar-refractivity contribution in [2.45, 2.75) is 18.7 Å². The number of rotatable bonds is 7. The number of sulfonamides is 1. The van der Waals surface area contributed by atoms with Crippen molar-refractivity contribution in [2.75, 3.05) is 45.2 Å². The highest BCUT2D eigenvalue weighted by atomic mass is 32.2. The second kappa shape index (κ2) is 11.3. The van der Waals surface area contributed by atoms with Gasteiger partial charge in [-0.3, -0.25) is 10.1 Å². The van der Waals surface area contributed by atoms with Crippen LogP contribution in [0.3, 0.4) is 0 Å². The van der Waals surface area contributed by atoms with Crippen molar-refractivity contribution in [2.24, 2.45) is 0 Å². The van der Waals surface area contributed by atoms with E-state index < -0.39 is 16.1 Å². The smallest absolute Gasteiger partial charge is 0.409 e. The average molecular weight is 545 g/mol. The molecule has 0 bridgehead atoms. The van der Waals surface area contributed by atoms with Crippen LogP contribution in [0.5, 0.6) is 5.75 Å². The summed E-state index contributed by atoms with van der Waals surface area (Å²) in [5.74, 6) is 0.358. The van der Waals surface area contributed by atoms with Gasteiger partial charge in [-0.1, -0.05) is 0 Å². The SMILES string of the molecule is CCOC(=O)N1CCN(S(=O)(=O)c2ccc(C(=O)Nc3nc(-c4ccc(OC)cc4)c(C)s3)cc2)CC1. The Balaban J connectivity index is 1.40. The van der Waals surface area contributed by atoms with Crippen LogP contribution >= 0.6 is 11.3 Å². The minimum Gasteiger partial charge on any atom is -0.497 e. The van der Waals surface area contributed by atoms with Crippen LogP contribution in [-0.4, -0.2) is 74.5 Å². The molecule has 1 saturated heterocycles. The van der Waals surface area contributed by atoms with Crippen LogP contribution in [0.1, 0.15) is 22.2 Å². The zero-order chi connectivity index (χ0) is 26.6. The Hall–Kier alpha value is -3.48. The molecule has 1 N–H and O–H groups in total. The van der Waals surface area contributed by atoms with Crippen molar-refractivity contribution in [3.05, 3.63) is 59.0 Å². The van der Waals surface area contributed by atoms with Crippen LogP contribution in [0.15, 0.2) is 53.4 Å². The lowest BCUT2D eigenvalue weighted by Crippen LogP contribution is -2.50. The van der Waals surface area contributed by atoms with Gasteiger partial charge in [-0.2, -0.15) is 4.31 Å². The molecule has 0 unspecified atom stereocenters. The number of piperazine rings is 1. The van der Waals surface area contributed by atoms with Crippen molar-refractivity contribution in [3.8, 4) is 17.0 Å². The van der Waals surface area contributed by atoms with Crippen LogP contribution < -0.4 is 10.1 Å². The first-order valence-electron chi connectivity index (χ1n) is 11.7. The Morgan fingerprint density at radius 3 is 2.27 bits per heavy atom. The molecule has 1 aliphatic rings. The van der Waals surface area contributed by atoms with Crippen molar-refractivity contribution < 1.29 is 27.5 Å². The van der Waals surface area contributed by atoms with Gasteiger partial charge in [-0.05, 0) is 62.4 Å². The van der Waals surface area contributed by atoms with Crippen molar-refractivity contribution in [1.29, 1.82) is 0 Å². The number of aryl methyl sites for hydroxylation is 1. The molecule has 2 amide bonds. The summed E-state index contributed by atoms with van der Waals surface area (Å²) in [5.41, 5.74) is 1.99. The number of methoxy groups -OCH3 is 1. The average Bonchev–Trinajstić information content (AvgIpc) is 3.28. The fourth-order valence-corrected chi connectivity index (χ4v) is 6.14. The molecule has 1 aliphatic heterocycles. The van der Waals surface area contributed by atoms with Gasteiger partial charge in [-0.15, -0.1) is 11.3 Å². The van der Waals surface area contributed by atoms with Crippen LogP contribution in [-0.2, 0) is 14.8 Å². The Bertz CT molecular complexity index is 1360. The molecule has 12 heteroatoms. The third-order valence-corrected chi connectivity index (χ3v) is 8.70. The maximum absolute atomic E-state index is 13.1. The largest absolute Gasteiger partial charge is 0.497 e. The number of aromatic nitrogens is 1. The third-order valence-electron chi connectivity index (χ3n) is 5.90. The highest BCUT2D eigenvalue weighted by molar-refractivity contribution is 7.89. The van der Waals surface area contributed by atoms with Gasteiger partial charge in [0.1, 0.15) is 5.75 Å². The van der Waals surface area contributed by atoms with Crippen molar-refractivity contribution in [1.82, 2.24) is 14.2 Å². The highest BCUT2D eigenvalue weighted by Crippen LogP contribution is 2.31. The number of nitrogens with zero attached hydrogens (tertiary/aromatic N) is 3. The molecule has 0 radical (unpaired) electrons. The first-order valence-corrected chi connectivity index (χ1v) is 13.9. The molecule has 37 heavy (non-hydrogen) atoms. The molecule has 196 valence electrons. The quantitative estimate of drug-likeness (QED) is 0.480. The van der Waals surface area contributed by atoms with Crippen LogP contribution in [0.25, 0.3) is 11.3 Å². The zero-order valence-electron chi connectivity index (χ0n) is 20.8. The fourth-order valence-electron chi connectivity index (χ4n) is 3.89. The molecule has 4 rings (SSSR count). The zero-order valence-corrected chi connectivity index (χ0v) is 22.4. The van der Waals surface area contributed by atoms with E-state index in [-0.39, 0.29) is 43.6 Å². The number of amides is 2. The van der Waals surface area contributed by atoms with Crippen molar-refractivity contribution in [3.63, 3.8) is 0 Å². The summed E-state index contributed by atoms with van der Waals surface area (Å²) in [6, 6.07) is 13.3. The maximum Gasteiger partial charge on any atom is 0.409 e. The number of anilines is 1. The second-order valence-corrected chi connectivity index (χ2v) is 11.4. The second-order valence-electron chi connectivity index (χ2n) is 8.22. The lowest BCUT2D eigenvalue weighted by molar-refractivity contribution is 0.0933. The van der Waals surface area contributed by atoms with E-state index in [1.54, 1.807) is 14.0 Å². The van der Waals surface area contributed by atoms with E-state index in [4.69, 9.17) is 9.47 Å². The highest BCUT2D eigenvalue weighted by Gasteiger charge is 2.30. The van der Waals surface area contributed by atoms with Gasteiger partial charge in [0.2, 0.25) is 10.0 Å². The monoisotopic (exact) mass is 544 g/mol. The molecule has 0 saturated carbocycles. The molecule has 2 aromatic carbocycles. The van der Waals surface area contributed by atoms with E-state index in [2.05, 4.69) is 10.3 Å². The molecule has 0 spiro atoms. The lowest BCUT2D eigenvalue weighted by atomic mass is 10.1.